The van der Waals surface area contributed by atoms with Gasteiger partial charge in [-0.15, -0.1) is 0 Å². The van der Waals surface area contributed by atoms with Gasteiger partial charge in [-0.25, -0.2) is 0 Å². The Balaban J connectivity index is 1.59. The molecule has 1 saturated heterocycles. The molecule has 1 fully saturated rings. The lowest BCUT2D eigenvalue weighted by molar-refractivity contribution is 0.173. The smallest absolute Gasteiger partial charge is 0.231 e. The van der Waals surface area contributed by atoms with Gasteiger partial charge in [-0.3, -0.25) is 0 Å². The summed E-state index contributed by atoms with van der Waals surface area (Å²) in [6, 6.07) is 5.73. The van der Waals surface area contributed by atoms with Crippen molar-refractivity contribution in [1.82, 2.24) is 5.32 Å². The maximum absolute atomic E-state index is 5.85. The highest BCUT2D eigenvalue weighted by Gasteiger charge is 2.21. The van der Waals surface area contributed by atoms with E-state index in [1.165, 1.54) is 6.42 Å². The lowest BCUT2D eigenvalue weighted by Gasteiger charge is -2.30. The number of hydrogen-bond acceptors (Lipinski definition) is 4. The van der Waals surface area contributed by atoms with Crippen LogP contribution in [0.5, 0.6) is 17.2 Å². The third-order valence-electron chi connectivity index (χ3n) is 3.47. The number of ether oxygens (including phenoxy) is 3. The van der Waals surface area contributed by atoms with Gasteiger partial charge in [-0.05, 0) is 24.6 Å². The maximum atomic E-state index is 5.85. The number of benzene rings is 1. The average molecular weight is 261 g/mol. The van der Waals surface area contributed by atoms with Crippen LogP contribution in [0.2, 0.25) is 4.78 Å². The van der Waals surface area contributed by atoms with Crippen LogP contribution in [0.1, 0.15) is 6.42 Å². The van der Waals surface area contributed by atoms with E-state index in [9.17, 15) is 0 Å². The predicted molar refractivity (Wildman–Crippen MR) is 68.5 cm³/mol. The first-order valence-electron chi connectivity index (χ1n) is 6.31. The van der Waals surface area contributed by atoms with Gasteiger partial charge >= 0.3 is 0 Å². The van der Waals surface area contributed by atoms with E-state index in [2.05, 4.69) is 21.6 Å². The van der Waals surface area contributed by atoms with Crippen LogP contribution < -0.4 is 19.5 Å². The van der Waals surface area contributed by atoms with Gasteiger partial charge in [-0.2, -0.15) is 0 Å². The summed E-state index contributed by atoms with van der Waals surface area (Å²) < 4.78 is 17.1. The Morgan fingerprint density at radius 1 is 1.33 bits per heavy atom. The molecule has 1 aromatic rings. The molecular weight excluding hydrogens is 245 g/mol. The lowest BCUT2D eigenvalue weighted by atomic mass is 10.00. The summed E-state index contributed by atoms with van der Waals surface area (Å²) in [5.41, 5.74) is 0. The molecule has 2 atom stereocenters. The predicted octanol–water partition coefficient (Wildman–Crippen LogP) is 1.36. The summed E-state index contributed by atoms with van der Waals surface area (Å²) in [5.74, 6) is 2.97. The highest BCUT2D eigenvalue weighted by atomic mass is 27.0. The van der Waals surface area contributed by atoms with Crippen molar-refractivity contribution in [3.8, 4) is 17.2 Å². The fourth-order valence-corrected chi connectivity index (χ4v) is 2.71. The molecular formula is C13H16AlNO3. The topological polar surface area (TPSA) is 39.7 Å². The fraction of sp³-hybridized carbons (Fsp3) is 0.538. The number of fused-ring (bicyclic) bond motifs is 1. The van der Waals surface area contributed by atoms with E-state index in [0.717, 1.165) is 36.9 Å². The standard InChI is InChI=1S/C13H16NO3.Al/c1-2-10(7-14-5-1)8-15-11-3-4-12-13(6-11)17-9-16-12;/h2-4,6,10,14H,1,5,7-9H2;/t10-;/m0./s1. The monoisotopic (exact) mass is 261 g/mol. The zero-order valence-electron chi connectivity index (χ0n) is 10.2. The molecule has 3 rings (SSSR count). The minimum Gasteiger partial charge on any atom is -0.493 e. The summed E-state index contributed by atoms with van der Waals surface area (Å²) in [7, 11) is 0. The number of rotatable bonds is 3. The van der Waals surface area contributed by atoms with Crippen LogP contribution in [0.3, 0.4) is 0 Å². The Labute approximate surface area is 115 Å². The first-order chi connectivity index (χ1) is 8.83. The Hall–Kier alpha value is -0.888. The number of piperidine rings is 1. The first-order valence-corrected chi connectivity index (χ1v) is 6.98. The zero-order valence-corrected chi connectivity index (χ0v) is 11.4. The minimum absolute atomic E-state index is 0.305. The molecule has 0 aliphatic carbocycles. The van der Waals surface area contributed by atoms with Crippen molar-refractivity contribution < 1.29 is 14.2 Å². The summed E-state index contributed by atoms with van der Waals surface area (Å²) >= 11 is 2.93. The minimum atomic E-state index is 0.305. The van der Waals surface area contributed by atoms with E-state index < -0.39 is 0 Å². The number of nitrogens with one attached hydrogen (secondary N) is 1. The molecule has 94 valence electrons. The SMILES string of the molecule is [Al][CH]1CCNC[C@H]1COc1ccc2c(c1)OCO2. The van der Waals surface area contributed by atoms with Crippen molar-refractivity contribution in [2.75, 3.05) is 26.5 Å². The molecule has 1 aromatic carbocycles. The molecule has 0 aromatic heterocycles. The van der Waals surface area contributed by atoms with Crippen LogP contribution in [0.25, 0.3) is 0 Å². The highest BCUT2D eigenvalue weighted by Crippen LogP contribution is 2.35. The van der Waals surface area contributed by atoms with Gasteiger partial charge in [0, 0.05) is 12.6 Å². The molecule has 0 saturated carbocycles. The highest BCUT2D eigenvalue weighted by molar-refractivity contribution is 6.11. The lowest BCUT2D eigenvalue weighted by Crippen LogP contribution is -2.37. The van der Waals surface area contributed by atoms with E-state index in [1.54, 1.807) is 0 Å². The van der Waals surface area contributed by atoms with Crippen LogP contribution >= 0.6 is 0 Å². The van der Waals surface area contributed by atoms with Crippen LogP contribution in [0.15, 0.2) is 18.2 Å². The van der Waals surface area contributed by atoms with Crippen LogP contribution in [0.4, 0.5) is 0 Å². The van der Waals surface area contributed by atoms with E-state index in [1.807, 2.05) is 18.2 Å². The molecule has 18 heavy (non-hydrogen) atoms. The van der Waals surface area contributed by atoms with E-state index in [4.69, 9.17) is 14.2 Å². The molecule has 0 spiro atoms. The van der Waals surface area contributed by atoms with Crippen molar-refractivity contribution in [2.45, 2.75) is 11.2 Å². The molecule has 0 amide bonds. The van der Waals surface area contributed by atoms with E-state index in [-0.39, 0.29) is 0 Å². The molecule has 1 N–H and O–H groups in total. The van der Waals surface area contributed by atoms with E-state index in [0.29, 0.717) is 17.5 Å². The third-order valence-corrected chi connectivity index (χ3v) is 4.35. The Morgan fingerprint density at radius 2 is 2.22 bits per heavy atom. The molecule has 0 bridgehead atoms. The second kappa shape index (κ2) is 5.40. The van der Waals surface area contributed by atoms with Crippen molar-refractivity contribution in [3.05, 3.63) is 18.2 Å². The van der Waals surface area contributed by atoms with Gasteiger partial charge in [0.2, 0.25) is 6.79 Å². The summed E-state index contributed by atoms with van der Waals surface area (Å²) in [6.45, 7) is 3.17. The van der Waals surface area contributed by atoms with Crippen LogP contribution in [-0.4, -0.2) is 42.8 Å². The first kappa shape index (κ1) is 12.2. The molecule has 2 radical (unpaired) electrons. The molecule has 2 aliphatic rings. The molecule has 2 heterocycles. The second-order valence-electron chi connectivity index (χ2n) is 4.74. The average Bonchev–Trinajstić information content (AvgIpc) is 2.85. The normalized spacial score (nSPS) is 26.0. The van der Waals surface area contributed by atoms with Gasteiger partial charge in [0.1, 0.15) is 22.0 Å². The zero-order chi connectivity index (χ0) is 12.4. The van der Waals surface area contributed by atoms with Gasteiger partial charge in [0.25, 0.3) is 0 Å². The summed E-state index contributed by atoms with van der Waals surface area (Å²) in [6.07, 6.45) is 1.19. The van der Waals surface area contributed by atoms with Crippen molar-refractivity contribution in [3.63, 3.8) is 0 Å². The van der Waals surface area contributed by atoms with Crippen molar-refractivity contribution in [1.29, 1.82) is 0 Å². The molecule has 2 aliphatic heterocycles. The van der Waals surface area contributed by atoms with Crippen LogP contribution in [-0.2, 0) is 0 Å². The van der Waals surface area contributed by atoms with Crippen molar-refractivity contribution >= 4 is 16.3 Å². The Kier molecular flexibility index (Phi) is 3.65. The number of hydrogen-bond donors (Lipinski definition) is 1. The summed E-state index contributed by atoms with van der Waals surface area (Å²) in [5, 5.41) is 3.41. The van der Waals surface area contributed by atoms with Gasteiger partial charge < -0.3 is 19.5 Å². The maximum Gasteiger partial charge on any atom is 0.231 e. The van der Waals surface area contributed by atoms with Crippen LogP contribution in [0, 0.1) is 5.92 Å². The Morgan fingerprint density at radius 3 is 3.11 bits per heavy atom. The van der Waals surface area contributed by atoms with Gasteiger partial charge in [-0.1, -0.05) is 11.2 Å². The van der Waals surface area contributed by atoms with Gasteiger partial charge in [0.15, 0.2) is 11.5 Å². The Bertz CT molecular complexity index is 427. The molecule has 4 nitrogen and oxygen atoms in total. The fourth-order valence-electron chi connectivity index (χ4n) is 2.30. The van der Waals surface area contributed by atoms with Crippen molar-refractivity contribution in [2.24, 2.45) is 5.92 Å². The largest absolute Gasteiger partial charge is 0.493 e. The molecule has 5 heteroatoms. The third kappa shape index (κ3) is 2.59. The second-order valence-corrected chi connectivity index (χ2v) is 5.60. The quantitative estimate of drug-likeness (QED) is 0.834. The summed E-state index contributed by atoms with van der Waals surface area (Å²) in [4.78, 5) is 0. The van der Waals surface area contributed by atoms with Gasteiger partial charge in [0.05, 0.1) is 6.61 Å². The molecule has 1 unspecified atom stereocenters. The van der Waals surface area contributed by atoms with E-state index >= 15 is 0 Å².